The van der Waals surface area contributed by atoms with E-state index >= 15 is 0 Å². The highest BCUT2D eigenvalue weighted by Gasteiger charge is 2.15. The van der Waals surface area contributed by atoms with Crippen LogP contribution in [0.2, 0.25) is 5.02 Å². The lowest BCUT2D eigenvalue weighted by Crippen LogP contribution is -2.22. The van der Waals surface area contributed by atoms with Gasteiger partial charge in [0.05, 0.1) is 10.7 Å². The molecule has 0 spiro atoms. The smallest absolute Gasteiger partial charge is 0.228 e. The average molecular weight is 246 g/mol. The molecule has 0 atom stereocenters. The van der Waals surface area contributed by atoms with Gasteiger partial charge in [-0.3, -0.25) is 9.69 Å². The lowest BCUT2D eigenvalue weighted by Gasteiger charge is -2.22. The summed E-state index contributed by atoms with van der Waals surface area (Å²) in [7, 11) is 0. The molecule has 2 nitrogen and oxygen atoms in total. The zero-order valence-electron chi connectivity index (χ0n) is 9.43. The first-order chi connectivity index (χ1) is 8.20. The third-order valence-corrected chi connectivity index (χ3v) is 2.74. The fourth-order valence-electron chi connectivity index (χ4n) is 1.70. The fourth-order valence-corrected chi connectivity index (χ4v) is 1.92. The van der Waals surface area contributed by atoms with Crippen molar-refractivity contribution in [2.24, 2.45) is 0 Å². The van der Waals surface area contributed by atoms with Crippen molar-refractivity contribution in [2.45, 2.75) is 6.92 Å². The first kappa shape index (κ1) is 11.7. The van der Waals surface area contributed by atoms with Crippen molar-refractivity contribution < 1.29 is 4.79 Å². The maximum absolute atomic E-state index is 11.8. The monoisotopic (exact) mass is 245 g/mol. The van der Waals surface area contributed by atoms with Crippen LogP contribution in [0.25, 0.3) is 0 Å². The van der Waals surface area contributed by atoms with Crippen molar-refractivity contribution in [3.63, 3.8) is 0 Å². The molecule has 2 aromatic rings. The maximum Gasteiger partial charge on any atom is 0.228 e. The summed E-state index contributed by atoms with van der Waals surface area (Å²) in [5.74, 6) is -0.0655. The summed E-state index contributed by atoms with van der Waals surface area (Å²) in [6.07, 6.45) is 0. The van der Waals surface area contributed by atoms with Crippen molar-refractivity contribution in [3.8, 4) is 0 Å². The molecule has 0 aromatic heterocycles. The van der Waals surface area contributed by atoms with Gasteiger partial charge in [-0.05, 0) is 24.3 Å². The van der Waals surface area contributed by atoms with Gasteiger partial charge in [-0.25, -0.2) is 0 Å². The van der Waals surface area contributed by atoms with E-state index in [9.17, 15) is 4.79 Å². The SMILES string of the molecule is CC(=O)N(c1ccccc1)c1ccccc1Cl. The molecule has 86 valence electrons. The summed E-state index contributed by atoms with van der Waals surface area (Å²) in [4.78, 5) is 13.4. The van der Waals surface area contributed by atoms with Gasteiger partial charge < -0.3 is 0 Å². The summed E-state index contributed by atoms with van der Waals surface area (Å²) in [6.45, 7) is 1.52. The van der Waals surface area contributed by atoms with E-state index in [0.717, 1.165) is 5.69 Å². The van der Waals surface area contributed by atoms with Gasteiger partial charge in [0.1, 0.15) is 0 Å². The first-order valence-corrected chi connectivity index (χ1v) is 5.68. The van der Waals surface area contributed by atoms with Crippen LogP contribution in [0.4, 0.5) is 11.4 Å². The summed E-state index contributed by atoms with van der Waals surface area (Å²) in [5, 5.41) is 0.562. The second-order valence-corrected chi connectivity index (χ2v) is 4.05. The fraction of sp³-hybridized carbons (Fsp3) is 0.0714. The third kappa shape index (κ3) is 2.48. The summed E-state index contributed by atoms with van der Waals surface area (Å²) >= 11 is 6.12. The van der Waals surface area contributed by atoms with E-state index in [1.165, 1.54) is 6.92 Å². The van der Waals surface area contributed by atoms with Gasteiger partial charge in [-0.2, -0.15) is 0 Å². The van der Waals surface area contributed by atoms with Crippen LogP contribution >= 0.6 is 11.6 Å². The molecule has 0 fully saturated rings. The minimum absolute atomic E-state index is 0.0655. The number of carbonyl (C=O) groups is 1. The molecule has 3 heteroatoms. The van der Waals surface area contributed by atoms with Crippen molar-refractivity contribution in [3.05, 3.63) is 59.6 Å². The zero-order valence-corrected chi connectivity index (χ0v) is 10.2. The second-order valence-electron chi connectivity index (χ2n) is 3.64. The van der Waals surface area contributed by atoms with Gasteiger partial charge in [0.2, 0.25) is 5.91 Å². The Morgan fingerprint density at radius 1 is 1.00 bits per heavy atom. The molecule has 0 N–H and O–H groups in total. The molecule has 0 heterocycles. The molecular weight excluding hydrogens is 234 g/mol. The Morgan fingerprint density at radius 2 is 1.59 bits per heavy atom. The molecule has 0 saturated heterocycles. The number of carbonyl (C=O) groups excluding carboxylic acids is 1. The number of anilines is 2. The van der Waals surface area contributed by atoms with Crippen LogP contribution < -0.4 is 4.90 Å². The number of hydrogen-bond acceptors (Lipinski definition) is 1. The van der Waals surface area contributed by atoms with E-state index in [0.29, 0.717) is 10.7 Å². The number of rotatable bonds is 2. The van der Waals surface area contributed by atoms with E-state index < -0.39 is 0 Å². The summed E-state index contributed by atoms with van der Waals surface area (Å²) in [5.41, 5.74) is 1.51. The minimum Gasteiger partial charge on any atom is -0.280 e. The van der Waals surface area contributed by atoms with Crippen LogP contribution in [0.3, 0.4) is 0 Å². The quantitative estimate of drug-likeness (QED) is 0.782. The normalized spacial score (nSPS) is 10.0. The Bertz CT molecular complexity index is 525. The van der Waals surface area contributed by atoms with E-state index in [4.69, 9.17) is 11.6 Å². The number of para-hydroxylation sites is 2. The zero-order chi connectivity index (χ0) is 12.3. The second kappa shape index (κ2) is 5.02. The Morgan fingerprint density at radius 3 is 2.18 bits per heavy atom. The molecule has 0 saturated carbocycles. The van der Waals surface area contributed by atoms with Gasteiger partial charge in [0.25, 0.3) is 0 Å². The predicted octanol–water partition coefficient (Wildman–Crippen LogP) is 4.02. The van der Waals surface area contributed by atoms with Crippen LogP contribution in [0.15, 0.2) is 54.6 Å². The van der Waals surface area contributed by atoms with E-state index in [-0.39, 0.29) is 5.91 Å². The van der Waals surface area contributed by atoms with Crippen LogP contribution in [0.1, 0.15) is 6.92 Å². The number of nitrogens with zero attached hydrogens (tertiary/aromatic N) is 1. The molecule has 0 aliphatic carbocycles. The highest BCUT2D eigenvalue weighted by molar-refractivity contribution is 6.34. The first-order valence-electron chi connectivity index (χ1n) is 5.30. The van der Waals surface area contributed by atoms with E-state index in [1.54, 1.807) is 11.0 Å². The number of hydrogen-bond donors (Lipinski definition) is 0. The van der Waals surface area contributed by atoms with Crippen LogP contribution in [-0.4, -0.2) is 5.91 Å². The summed E-state index contributed by atoms with van der Waals surface area (Å²) < 4.78 is 0. The number of halogens is 1. The topological polar surface area (TPSA) is 20.3 Å². The highest BCUT2D eigenvalue weighted by Crippen LogP contribution is 2.31. The van der Waals surface area contributed by atoms with Gasteiger partial charge in [0, 0.05) is 12.6 Å². The highest BCUT2D eigenvalue weighted by atomic mass is 35.5. The number of benzene rings is 2. The number of amides is 1. The van der Waals surface area contributed by atoms with Crippen LogP contribution in [0.5, 0.6) is 0 Å². The Labute approximate surface area is 105 Å². The standard InChI is InChI=1S/C14H12ClNO/c1-11(17)16(12-7-3-2-4-8-12)14-10-6-5-9-13(14)15/h2-10H,1H3. The van der Waals surface area contributed by atoms with Crippen LogP contribution in [0, 0.1) is 0 Å². The Kier molecular flexibility index (Phi) is 3.45. The minimum atomic E-state index is -0.0655. The van der Waals surface area contributed by atoms with Gasteiger partial charge in [0.15, 0.2) is 0 Å². The molecule has 0 radical (unpaired) electrons. The predicted molar refractivity (Wildman–Crippen MR) is 70.7 cm³/mol. The molecule has 0 unspecified atom stereocenters. The Hall–Kier alpha value is -1.80. The molecule has 0 aliphatic heterocycles. The molecule has 17 heavy (non-hydrogen) atoms. The largest absolute Gasteiger partial charge is 0.280 e. The van der Waals surface area contributed by atoms with Gasteiger partial charge in [-0.1, -0.05) is 41.9 Å². The third-order valence-electron chi connectivity index (χ3n) is 2.42. The van der Waals surface area contributed by atoms with E-state index in [1.807, 2.05) is 48.5 Å². The van der Waals surface area contributed by atoms with E-state index in [2.05, 4.69) is 0 Å². The molecule has 0 aliphatic rings. The van der Waals surface area contributed by atoms with Crippen molar-refractivity contribution in [1.29, 1.82) is 0 Å². The molecule has 2 aromatic carbocycles. The lowest BCUT2D eigenvalue weighted by molar-refractivity contribution is -0.115. The van der Waals surface area contributed by atoms with Crippen molar-refractivity contribution in [1.82, 2.24) is 0 Å². The maximum atomic E-state index is 11.8. The molecule has 2 rings (SSSR count). The lowest BCUT2D eigenvalue weighted by atomic mass is 10.2. The summed E-state index contributed by atoms with van der Waals surface area (Å²) in [6, 6.07) is 16.8. The van der Waals surface area contributed by atoms with Gasteiger partial charge >= 0.3 is 0 Å². The van der Waals surface area contributed by atoms with Crippen LogP contribution in [-0.2, 0) is 4.79 Å². The average Bonchev–Trinajstić information content (AvgIpc) is 2.33. The molecular formula is C14H12ClNO. The molecule has 1 amide bonds. The molecule has 0 bridgehead atoms. The van der Waals surface area contributed by atoms with Crippen molar-refractivity contribution >= 4 is 28.9 Å². The Balaban J connectivity index is 2.51. The van der Waals surface area contributed by atoms with Gasteiger partial charge in [-0.15, -0.1) is 0 Å². The van der Waals surface area contributed by atoms with Crippen molar-refractivity contribution in [2.75, 3.05) is 4.90 Å².